The molecule has 2 atom stereocenters. The quantitative estimate of drug-likeness (QED) is 0.791. The van der Waals surface area contributed by atoms with Crippen molar-refractivity contribution in [3.8, 4) is 0 Å². The van der Waals surface area contributed by atoms with Gasteiger partial charge < -0.3 is 20.1 Å². The molecule has 0 bridgehead atoms. The summed E-state index contributed by atoms with van der Waals surface area (Å²) in [5.74, 6) is -0.0908. The molecule has 0 saturated carbocycles. The molecule has 2 fully saturated rings. The number of likely N-dealkylation sites (tertiary alicyclic amines) is 1. The van der Waals surface area contributed by atoms with Gasteiger partial charge in [0.05, 0.1) is 18.2 Å². The number of carbonyl (C=O) groups excluding carboxylic acids is 1. The number of nitrogens with one attached hydrogen (secondary N) is 1. The Morgan fingerprint density at radius 1 is 1.40 bits per heavy atom. The number of hydrogen-bond acceptors (Lipinski definition) is 4. The molecule has 20 heavy (non-hydrogen) atoms. The van der Waals surface area contributed by atoms with Gasteiger partial charge in [0.2, 0.25) is 5.91 Å². The van der Waals surface area contributed by atoms with Crippen molar-refractivity contribution in [1.29, 1.82) is 0 Å². The van der Waals surface area contributed by atoms with Crippen LogP contribution in [0.15, 0.2) is 0 Å². The number of nitrogens with zero attached hydrogens (tertiary/aromatic N) is 1. The fourth-order valence-electron chi connectivity index (χ4n) is 3.30. The molecule has 0 unspecified atom stereocenters. The second-order valence-electron chi connectivity index (χ2n) is 6.92. The minimum absolute atomic E-state index is 0.0908. The van der Waals surface area contributed by atoms with Crippen molar-refractivity contribution in [3.05, 3.63) is 0 Å². The third-order valence-corrected chi connectivity index (χ3v) is 4.81. The van der Waals surface area contributed by atoms with Crippen molar-refractivity contribution in [1.82, 2.24) is 10.2 Å². The summed E-state index contributed by atoms with van der Waals surface area (Å²) in [6, 6.07) is 0.338. The third kappa shape index (κ3) is 3.32. The molecule has 0 aromatic heterocycles. The number of rotatable bonds is 2. The van der Waals surface area contributed by atoms with Crippen LogP contribution in [0.25, 0.3) is 0 Å². The number of piperidine rings is 1. The van der Waals surface area contributed by atoms with Crippen LogP contribution in [-0.2, 0) is 9.53 Å². The fourth-order valence-corrected chi connectivity index (χ4v) is 3.30. The maximum absolute atomic E-state index is 11.3. The van der Waals surface area contributed by atoms with E-state index in [1.54, 1.807) is 6.92 Å². The van der Waals surface area contributed by atoms with Gasteiger partial charge in [-0.1, -0.05) is 0 Å². The van der Waals surface area contributed by atoms with Crippen LogP contribution in [0.4, 0.5) is 0 Å². The summed E-state index contributed by atoms with van der Waals surface area (Å²) >= 11 is 0. The van der Waals surface area contributed by atoms with Crippen molar-refractivity contribution in [2.75, 3.05) is 19.7 Å². The molecule has 116 valence electrons. The fraction of sp³-hybridized carbons (Fsp3) is 0.933. The zero-order valence-electron chi connectivity index (χ0n) is 13.1. The van der Waals surface area contributed by atoms with Gasteiger partial charge in [-0.3, -0.25) is 4.79 Å². The second-order valence-corrected chi connectivity index (χ2v) is 6.92. The van der Waals surface area contributed by atoms with Gasteiger partial charge in [-0.25, -0.2) is 0 Å². The lowest BCUT2D eigenvalue weighted by Crippen LogP contribution is -2.64. The summed E-state index contributed by atoms with van der Waals surface area (Å²) in [6.45, 7) is 10.00. The average Bonchev–Trinajstić information content (AvgIpc) is 2.35. The van der Waals surface area contributed by atoms with E-state index in [2.05, 4.69) is 24.1 Å². The molecule has 1 amide bonds. The Bertz CT molecular complexity index is 360. The molecule has 2 aliphatic rings. The van der Waals surface area contributed by atoms with Gasteiger partial charge in [-0.15, -0.1) is 0 Å². The highest BCUT2D eigenvalue weighted by Gasteiger charge is 2.48. The highest BCUT2D eigenvalue weighted by atomic mass is 16.5. The Balaban J connectivity index is 2.02. The lowest BCUT2D eigenvalue weighted by atomic mass is 9.77. The van der Waals surface area contributed by atoms with Crippen LogP contribution in [0, 0.1) is 0 Å². The third-order valence-electron chi connectivity index (χ3n) is 4.81. The van der Waals surface area contributed by atoms with E-state index in [-0.39, 0.29) is 17.6 Å². The highest BCUT2D eigenvalue weighted by Crippen LogP contribution is 2.38. The Hall–Kier alpha value is -0.650. The highest BCUT2D eigenvalue weighted by molar-refractivity contribution is 5.73. The molecule has 0 radical (unpaired) electrons. The monoisotopic (exact) mass is 284 g/mol. The standard InChI is InChI=1S/C15H28N2O3/c1-11(2)17-7-5-15(6-8-17)9-13(16-12(3)18)14(4,19)10-20-15/h11,13,19H,5-10H2,1-4H3,(H,16,18)/t13-,14-/m0/s1. The summed E-state index contributed by atoms with van der Waals surface area (Å²) in [4.78, 5) is 13.8. The zero-order valence-corrected chi connectivity index (χ0v) is 13.1. The number of amides is 1. The molecular formula is C15H28N2O3. The van der Waals surface area contributed by atoms with Crippen LogP contribution >= 0.6 is 0 Å². The van der Waals surface area contributed by atoms with Crippen LogP contribution in [0.2, 0.25) is 0 Å². The van der Waals surface area contributed by atoms with E-state index in [0.29, 0.717) is 19.1 Å². The number of hydrogen-bond donors (Lipinski definition) is 2. The van der Waals surface area contributed by atoms with E-state index in [1.165, 1.54) is 6.92 Å². The zero-order chi connectivity index (χ0) is 15.0. The molecule has 1 spiro atoms. The predicted octanol–water partition coefficient (Wildman–Crippen LogP) is 0.905. The van der Waals surface area contributed by atoms with Crippen molar-refractivity contribution >= 4 is 5.91 Å². The maximum atomic E-state index is 11.3. The van der Waals surface area contributed by atoms with E-state index >= 15 is 0 Å². The number of carbonyl (C=O) groups is 1. The molecule has 5 nitrogen and oxygen atoms in total. The SMILES string of the molecule is CC(=O)N[C@H]1CC2(CCN(C(C)C)CC2)OC[C@]1(C)O. The average molecular weight is 284 g/mol. The Kier molecular flexibility index (Phi) is 4.42. The molecule has 2 N–H and O–H groups in total. The van der Waals surface area contributed by atoms with Crippen molar-refractivity contribution in [2.45, 2.75) is 70.2 Å². The van der Waals surface area contributed by atoms with Crippen molar-refractivity contribution in [2.24, 2.45) is 0 Å². The first-order chi connectivity index (χ1) is 9.24. The van der Waals surface area contributed by atoms with Crippen molar-refractivity contribution in [3.63, 3.8) is 0 Å². The van der Waals surface area contributed by atoms with E-state index in [0.717, 1.165) is 25.9 Å². The Labute approximate surface area is 121 Å². The molecule has 2 heterocycles. The van der Waals surface area contributed by atoms with Gasteiger partial charge in [0.25, 0.3) is 0 Å². The summed E-state index contributed by atoms with van der Waals surface area (Å²) in [6.07, 6.45) is 2.64. The molecule has 2 aliphatic heterocycles. The van der Waals surface area contributed by atoms with E-state index in [1.807, 2.05) is 0 Å². The first-order valence-corrected chi connectivity index (χ1v) is 7.62. The van der Waals surface area contributed by atoms with Crippen LogP contribution in [0.5, 0.6) is 0 Å². The summed E-state index contributed by atoms with van der Waals surface area (Å²) in [7, 11) is 0. The van der Waals surface area contributed by atoms with Crippen LogP contribution < -0.4 is 5.32 Å². The van der Waals surface area contributed by atoms with Crippen molar-refractivity contribution < 1.29 is 14.6 Å². The Morgan fingerprint density at radius 3 is 2.50 bits per heavy atom. The molecule has 0 aliphatic carbocycles. The van der Waals surface area contributed by atoms with Crippen LogP contribution in [-0.4, -0.2) is 58.9 Å². The first-order valence-electron chi connectivity index (χ1n) is 7.62. The largest absolute Gasteiger partial charge is 0.386 e. The maximum Gasteiger partial charge on any atom is 0.217 e. The summed E-state index contributed by atoms with van der Waals surface area (Å²) in [5, 5.41) is 13.3. The molecule has 2 rings (SSSR count). The first kappa shape index (κ1) is 15.7. The van der Waals surface area contributed by atoms with Gasteiger partial charge >= 0.3 is 0 Å². The Morgan fingerprint density at radius 2 is 2.00 bits per heavy atom. The topological polar surface area (TPSA) is 61.8 Å². The van der Waals surface area contributed by atoms with Crippen LogP contribution in [0.3, 0.4) is 0 Å². The van der Waals surface area contributed by atoms with E-state index in [9.17, 15) is 9.90 Å². The molecule has 0 aromatic carbocycles. The van der Waals surface area contributed by atoms with Gasteiger partial charge in [0, 0.05) is 26.1 Å². The van der Waals surface area contributed by atoms with Gasteiger partial charge in [-0.05, 0) is 40.0 Å². The van der Waals surface area contributed by atoms with Gasteiger partial charge in [0.1, 0.15) is 5.60 Å². The molecule has 2 saturated heterocycles. The number of ether oxygens (including phenoxy) is 1. The lowest BCUT2D eigenvalue weighted by Gasteiger charge is -2.51. The van der Waals surface area contributed by atoms with E-state index < -0.39 is 5.60 Å². The number of aliphatic hydroxyl groups is 1. The van der Waals surface area contributed by atoms with Gasteiger partial charge in [-0.2, -0.15) is 0 Å². The minimum atomic E-state index is -0.980. The summed E-state index contributed by atoms with van der Waals surface area (Å²) < 4.78 is 6.03. The lowest BCUT2D eigenvalue weighted by molar-refractivity contribution is -0.194. The predicted molar refractivity (Wildman–Crippen MR) is 77.5 cm³/mol. The molecule has 5 heteroatoms. The normalized spacial score (nSPS) is 34.4. The molecular weight excluding hydrogens is 256 g/mol. The molecule has 0 aromatic rings. The van der Waals surface area contributed by atoms with Crippen LogP contribution in [0.1, 0.15) is 47.0 Å². The smallest absolute Gasteiger partial charge is 0.217 e. The summed E-state index contributed by atoms with van der Waals surface area (Å²) in [5.41, 5.74) is -1.16. The van der Waals surface area contributed by atoms with Gasteiger partial charge in [0.15, 0.2) is 0 Å². The second kappa shape index (κ2) is 5.62. The minimum Gasteiger partial charge on any atom is -0.386 e. The van der Waals surface area contributed by atoms with E-state index in [4.69, 9.17) is 4.74 Å².